The molecule has 0 fully saturated rings. The van der Waals surface area contributed by atoms with Crippen molar-refractivity contribution in [2.75, 3.05) is 20.1 Å². The van der Waals surface area contributed by atoms with Crippen molar-refractivity contribution in [3.63, 3.8) is 0 Å². The monoisotopic (exact) mass is 266 g/mol. The maximum Gasteiger partial charge on any atom is 0.409 e. The number of nitrogens with one attached hydrogen (secondary N) is 2. The van der Waals surface area contributed by atoms with Crippen molar-refractivity contribution < 1.29 is 31.1 Å². The molecule has 0 saturated carbocycles. The molecule has 0 aromatic rings. The predicted molar refractivity (Wildman–Crippen MR) is 47.2 cm³/mol. The molecule has 0 spiro atoms. The Labute approximate surface area is 93.5 Å². The van der Waals surface area contributed by atoms with Crippen LogP contribution in [0.25, 0.3) is 0 Å². The molecule has 0 rings (SSSR count). The zero-order valence-corrected chi connectivity index (χ0v) is 8.87. The first-order chi connectivity index (χ1) is 7.60. The average molecular weight is 266 g/mol. The molecule has 1 amide bonds. The fourth-order valence-corrected chi connectivity index (χ4v) is 1.06. The molecule has 3 nitrogen and oxygen atoms in total. The molecule has 0 aliphatic rings. The number of carbonyl (C=O) groups is 1. The second kappa shape index (κ2) is 6.08. The average Bonchev–Trinajstić information content (AvgIpc) is 2.07. The Morgan fingerprint density at radius 2 is 1.53 bits per heavy atom. The summed E-state index contributed by atoms with van der Waals surface area (Å²) in [5.41, 5.74) is 0. The second-order valence-electron chi connectivity index (χ2n) is 3.26. The second-order valence-corrected chi connectivity index (χ2v) is 3.26. The molecule has 0 aliphatic carbocycles. The summed E-state index contributed by atoms with van der Waals surface area (Å²) in [5.74, 6) is -6.04. The van der Waals surface area contributed by atoms with Gasteiger partial charge in [0, 0.05) is 6.54 Å². The number of amides is 1. The largest absolute Gasteiger partial charge is 0.409 e. The van der Waals surface area contributed by atoms with E-state index in [-0.39, 0.29) is 13.0 Å². The molecule has 0 aliphatic heterocycles. The van der Waals surface area contributed by atoms with E-state index >= 15 is 0 Å². The quantitative estimate of drug-likeness (QED) is 0.584. The van der Waals surface area contributed by atoms with Gasteiger partial charge in [-0.3, -0.25) is 4.79 Å². The Morgan fingerprint density at radius 3 is 1.88 bits per heavy atom. The first kappa shape index (κ1) is 16.0. The maximum absolute atomic E-state index is 12.0. The van der Waals surface area contributed by atoms with Crippen LogP contribution < -0.4 is 10.6 Å². The van der Waals surface area contributed by atoms with Crippen LogP contribution in [0.2, 0.25) is 0 Å². The zero-order valence-electron chi connectivity index (χ0n) is 8.87. The van der Waals surface area contributed by atoms with Gasteiger partial charge in [-0.1, -0.05) is 0 Å². The van der Waals surface area contributed by atoms with Gasteiger partial charge in [0.25, 0.3) is 0 Å². The molecule has 0 unspecified atom stereocenters. The van der Waals surface area contributed by atoms with Crippen LogP contribution in [0.3, 0.4) is 0 Å². The van der Waals surface area contributed by atoms with Crippen LogP contribution in [0.15, 0.2) is 0 Å². The van der Waals surface area contributed by atoms with E-state index < -0.39 is 24.2 Å². The summed E-state index contributed by atoms with van der Waals surface area (Å²) >= 11 is 0. The van der Waals surface area contributed by atoms with Gasteiger partial charge in [-0.25, -0.2) is 0 Å². The minimum absolute atomic E-state index is 0.241. The van der Waals surface area contributed by atoms with Crippen molar-refractivity contribution in [2.45, 2.75) is 18.8 Å². The van der Waals surface area contributed by atoms with E-state index in [1.807, 2.05) is 0 Å². The lowest BCUT2D eigenvalue weighted by Crippen LogP contribution is -2.48. The molecular weight excluding hydrogens is 254 g/mol. The van der Waals surface area contributed by atoms with Crippen molar-refractivity contribution in [1.82, 2.24) is 10.6 Å². The first-order valence-corrected chi connectivity index (χ1v) is 4.66. The third kappa shape index (κ3) is 5.76. The van der Waals surface area contributed by atoms with Gasteiger partial charge in [-0.15, -0.1) is 0 Å². The van der Waals surface area contributed by atoms with Crippen molar-refractivity contribution in [1.29, 1.82) is 0 Å². The number of halogens is 6. The van der Waals surface area contributed by atoms with Gasteiger partial charge in [0.2, 0.25) is 11.8 Å². The highest BCUT2D eigenvalue weighted by Crippen LogP contribution is 2.39. The fraction of sp³-hybridized carbons (Fsp3) is 0.875. The van der Waals surface area contributed by atoms with E-state index in [1.54, 1.807) is 12.4 Å². The number of rotatable bonds is 5. The Balaban J connectivity index is 4.47. The third-order valence-corrected chi connectivity index (χ3v) is 1.82. The van der Waals surface area contributed by atoms with Crippen LogP contribution in [0.4, 0.5) is 26.3 Å². The SMILES string of the molecule is CNCCCNC(=O)C(C(F)(F)F)C(F)(F)F. The Hall–Kier alpha value is -0.990. The highest BCUT2D eigenvalue weighted by Gasteiger charge is 2.60. The van der Waals surface area contributed by atoms with E-state index in [9.17, 15) is 31.1 Å². The van der Waals surface area contributed by atoms with Crippen LogP contribution in [0, 0.1) is 5.92 Å². The standard InChI is InChI=1S/C8H12F6N2O/c1-15-3-2-4-16-6(17)5(7(9,10)11)8(12,13)14/h5,15H,2-4H2,1H3,(H,16,17). The summed E-state index contributed by atoms with van der Waals surface area (Å²) < 4.78 is 72.3. The molecule has 9 heteroatoms. The number of hydrogen-bond donors (Lipinski definition) is 2. The third-order valence-electron chi connectivity index (χ3n) is 1.82. The Kier molecular flexibility index (Phi) is 5.73. The van der Waals surface area contributed by atoms with E-state index in [2.05, 4.69) is 5.32 Å². The summed E-state index contributed by atoms with van der Waals surface area (Å²) in [6.45, 7) is 0.130. The number of hydrogen-bond acceptors (Lipinski definition) is 2. The topological polar surface area (TPSA) is 41.1 Å². The van der Waals surface area contributed by atoms with E-state index in [1.165, 1.54) is 0 Å². The number of alkyl halides is 6. The van der Waals surface area contributed by atoms with Crippen molar-refractivity contribution in [2.24, 2.45) is 5.92 Å². The highest BCUT2D eigenvalue weighted by molar-refractivity contribution is 5.80. The first-order valence-electron chi connectivity index (χ1n) is 4.66. The molecule has 0 atom stereocenters. The molecule has 0 aromatic heterocycles. The van der Waals surface area contributed by atoms with Crippen LogP contribution in [-0.4, -0.2) is 38.4 Å². The van der Waals surface area contributed by atoms with Gasteiger partial charge >= 0.3 is 12.4 Å². The zero-order chi connectivity index (χ0) is 13.7. The predicted octanol–water partition coefficient (Wildman–Crippen LogP) is 1.45. The summed E-state index contributed by atoms with van der Waals surface area (Å²) in [5, 5.41) is 4.25. The van der Waals surface area contributed by atoms with E-state index in [0.29, 0.717) is 6.54 Å². The van der Waals surface area contributed by atoms with Crippen LogP contribution in [-0.2, 0) is 4.79 Å². The molecule has 102 valence electrons. The molecule has 0 radical (unpaired) electrons. The minimum atomic E-state index is -5.63. The Bertz CT molecular complexity index is 235. The van der Waals surface area contributed by atoms with Gasteiger partial charge in [0.1, 0.15) is 0 Å². The van der Waals surface area contributed by atoms with Crippen molar-refractivity contribution >= 4 is 5.91 Å². The summed E-state index contributed by atoms with van der Waals surface area (Å²) in [6.07, 6.45) is -11.0. The van der Waals surface area contributed by atoms with Crippen molar-refractivity contribution in [3.05, 3.63) is 0 Å². The number of carbonyl (C=O) groups excluding carboxylic acids is 1. The van der Waals surface area contributed by atoms with Gasteiger partial charge < -0.3 is 10.6 Å². The van der Waals surface area contributed by atoms with E-state index in [0.717, 1.165) is 0 Å². The van der Waals surface area contributed by atoms with Gasteiger partial charge in [-0.2, -0.15) is 26.3 Å². The lowest BCUT2D eigenvalue weighted by atomic mass is 10.1. The lowest BCUT2D eigenvalue weighted by Gasteiger charge is -2.21. The lowest BCUT2D eigenvalue weighted by molar-refractivity contribution is -0.274. The molecule has 0 heterocycles. The molecule has 2 N–H and O–H groups in total. The molecule has 0 bridgehead atoms. The van der Waals surface area contributed by atoms with Gasteiger partial charge in [0.05, 0.1) is 0 Å². The summed E-state index contributed by atoms with van der Waals surface area (Å²) in [7, 11) is 1.57. The van der Waals surface area contributed by atoms with Crippen LogP contribution >= 0.6 is 0 Å². The Morgan fingerprint density at radius 1 is 1.06 bits per heavy atom. The maximum atomic E-state index is 12.0. The summed E-state index contributed by atoms with van der Waals surface area (Å²) in [6, 6.07) is 0. The normalized spacial score (nSPS) is 12.9. The molecular formula is C8H12F6N2O. The highest BCUT2D eigenvalue weighted by atomic mass is 19.4. The minimum Gasteiger partial charge on any atom is -0.355 e. The van der Waals surface area contributed by atoms with E-state index in [4.69, 9.17) is 0 Å². The van der Waals surface area contributed by atoms with Gasteiger partial charge in [0.15, 0.2) is 0 Å². The van der Waals surface area contributed by atoms with Crippen molar-refractivity contribution in [3.8, 4) is 0 Å². The summed E-state index contributed by atoms with van der Waals surface area (Å²) in [4.78, 5) is 10.8. The smallest absolute Gasteiger partial charge is 0.355 e. The van der Waals surface area contributed by atoms with Crippen LogP contribution in [0.1, 0.15) is 6.42 Å². The molecule has 17 heavy (non-hydrogen) atoms. The fourth-order valence-electron chi connectivity index (χ4n) is 1.06. The molecule has 0 aromatic carbocycles. The molecule has 0 saturated heterocycles. The van der Waals surface area contributed by atoms with Crippen LogP contribution in [0.5, 0.6) is 0 Å². The van der Waals surface area contributed by atoms with Gasteiger partial charge in [-0.05, 0) is 20.0 Å².